The number of nitrogens with zero attached hydrogens (tertiary/aromatic N) is 1. The van der Waals surface area contributed by atoms with Crippen molar-refractivity contribution in [2.75, 3.05) is 26.7 Å². The van der Waals surface area contributed by atoms with E-state index in [-0.39, 0.29) is 6.04 Å². The fraction of sp³-hybridized carbons (Fsp3) is 0.417. The molecule has 5 rings (SSSR count). The van der Waals surface area contributed by atoms with Crippen LogP contribution in [0.25, 0.3) is 10.9 Å². The molecule has 3 aromatic rings. The molecule has 1 atom stereocenters. The Kier molecular flexibility index (Phi) is 4.83. The van der Waals surface area contributed by atoms with Gasteiger partial charge in [-0.05, 0) is 61.7 Å². The fourth-order valence-electron chi connectivity index (χ4n) is 4.92. The Morgan fingerprint density at radius 3 is 2.79 bits per heavy atom. The minimum atomic E-state index is 0.210. The van der Waals surface area contributed by atoms with Gasteiger partial charge >= 0.3 is 0 Å². The molecular weight excluding hydrogens is 346 g/mol. The topological polar surface area (TPSA) is 40.3 Å². The number of benzene rings is 2. The van der Waals surface area contributed by atoms with Crippen molar-refractivity contribution < 1.29 is 4.74 Å². The van der Waals surface area contributed by atoms with Gasteiger partial charge in [0.2, 0.25) is 0 Å². The highest BCUT2D eigenvalue weighted by Crippen LogP contribution is 2.35. The molecule has 4 nitrogen and oxygen atoms in total. The van der Waals surface area contributed by atoms with Gasteiger partial charge in [0.05, 0.1) is 13.2 Å². The highest BCUT2D eigenvalue weighted by Gasteiger charge is 2.26. The number of piperidine rings is 1. The summed E-state index contributed by atoms with van der Waals surface area (Å²) >= 11 is 0. The zero-order valence-corrected chi connectivity index (χ0v) is 16.6. The molecule has 2 aliphatic rings. The fourth-order valence-corrected chi connectivity index (χ4v) is 4.92. The summed E-state index contributed by atoms with van der Waals surface area (Å²) in [7, 11) is 1.78. The number of aromatic amines is 1. The van der Waals surface area contributed by atoms with E-state index in [0.717, 1.165) is 25.3 Å². The summed E-state index contributed by atoms with van der Waals surface area (Å²) in [5.74, 6) is 1.00. The van der Waals surface area contributed by atoms with Crippen molar-refractivity contribution in [3.05, 3.63) is 64.8 Å². The Balaban J connectivity index is 1.51. The lowest BCUT2D eigenvalue weighted by atomic mass is 9.93. The van der Waals surface area contributed by atoms with Gasteiger partial charge in [0, 0.05) is 35.2 Å². The van der Waals surface area contributed by atoms with Crippen LogP contribution >= 0.6 is 0 Å². The summed E-state index contributed by atoms with van der Waals surface area (Å²) in [5.41, 5.74) is 6.64. The van der Waals surface area contributed by atoms with Crippen molar-refractivity contribution >= 4 is 10.9 Å². The number of H-pyrrole nitrogens is 1. The number of hydrogen-bond acceptors (Lipinski definition) is 3. The molecule has 1 aromatic heterocycles. The number of aromatic nitrogens is 1. The van der Waals surface area contributed by atoms with Gasteiger partial charge in [-0.2, -0.15) is 0 Å². The molecular formula is C24H29N3O. The highest BCUT2D eigenvalue weighted by atomic mass is 16.5. The maximum atomic E-state index is 5.69. The quantitative estimate of drug-likeness (QED) is 0.710. The smallest absolute Gasteiger partial charge is 0.123 e. The Hall–Kier alpha value is -2.30. The van der Waals surface area contributed by atoms with Gasteiger partial charge in [0.1, 0.15) is 5.75 Å². The van der Waals surface area contributed by atoms with Crippen LogP contribution in [0.1, 0.15) is 47.7 Å². The second-order valence-corrected chi connectivity index (χ2v) is 8.11. The molecule has 0 radical (unpaired) electrons. The van der Waals surface area contributed by atoms with Crippen LogP contribution in [0, 0.1) is 0 Å². The molecule has 28 heavy (non-hydrogen) atoms. The SMILES string of the molecule is COc1ccc([C@H]2NCCc3c2[nH]c2ccccc32)cc1CN1CCCCC1. The Morgan fingerprint density at radius 1 is 1.07 bits per heavy atom. The molecule has 1 fully saturated rings. The number of rotatable bonds is 4. The normalized spacial score (nSPS) is 20.2. The molecule has 0 bridgehead atoms. The summed E-state index contributed by atoms with van der Waals surface area (Å²) in [4.78, 5) is 6.25. The molecule has 3 heterocycles. The molecule has 2 aromatic carbocycles. The first-order valence-electron chi connectivity index (χ1n) is 10.6. The summed E-state index contributed by atoms with van der Waals surface area (Å²) < 4.78 is 5.69. The van der Waals surface area contributed by atoms with Crippen molar-refractivity contribution in [2.45, 2.75) is 38.3 Å². The molecule has 146 valence electrons. The van der Waals surface area contributed by atoms with E-state index in [2.05, 4.69) is 57.7 Å². The third-order valence-electron chi connectivity index (χ3n) is 6.34. The molecule has 1 saturated heterocycles. The predicted octanol–water partition coefficient (Wildman–Crippen LogP) is 4.40. The van der Waals surface area contributed by atoms with Crippen LogP contribution in [0.15, 0.2) is 42.5 Å². The lowest BCUT2D eigenvalue weighted by molar-refractivity contribution is 0.218. The second-order valence-electron chi connectivity index (χ2n) is 8.11. The van der Waals surface area contributed by atoms with Crippen molar-refractivity contribution in [3.63, 3.8) is 0 Å². The minimum Gasteiger partial charge on any atom is -0.496 e. The number of ether oxygens (including phenoxy) is 1. The first-order chi connectivity index (χ1) is 13.8. The van der Waals surface area contributed by atoms with Crippen LogP contribution in [0.4, 0.5) is 0 Å². The third kappa shape index (κ3) is 3.21. The number of fused-ring (bicyclic) bond motifs is 3. The number of methoxy groups -OCH3 is 1. The summed E-state index contributed by atoms with van der Waals surface area (Å²) in [6, 6.07) is 15.6. The molecule has 0 aliphatic carbocycles. The van der Waals surface area contributed by atoms with Crippen LogP contribution in [0.2, 0.25) is 0 Å². The first-order valence-corrected chi connectivity index (χ1v) is 10.6. The molecule has 0 unspecified atom stereocenters. The van der Waals surface area contributed by atoms with Gasteiger partial charge in [0.15, 0.2) is 0 Å². The van der Waals surface area contributed by atoms with Gasteiger partial charge in [-0.3, -0.25) is 4.90 Å². The number of nitrogens with one attached hydrogen (secondary N) is 2. The standard InChI is InChI=1S/C24H29N3O/c1-28-22-10-9-17(15-18(22)16-27-13-5-2-6-14-27)23-24-20(11-12-25-23)19-7-3-4-8-21(19)26-24/h3-4,7-10,15,23,25-26H,2,5-6,11-14,16H2,1H3/t23-/m1/s1. The van der Waals surface area contributed by atoms with Gasteiger partial charge < -0.3 is 15.0 Å². The van der Waals surface area contributed by atoms with E-state index in [1.54, 1.807) is 7.11 Å². The van der Waals surface area contributed by atoms with Crippen molar-refractivity contribution in [1.82, 2.24) is 15.2 Å². The zero-order chi connectivity index (χ0) is 18.9. The van der Waals surface area contributed by atoms with E-state index in [9.17, 15) is 0 Å². The lowest BCUT2D eigenvalue weighted by Crippen LogP contribution is -2.31. The maximum Gasteiger partial charge on any atom is 0.123 e. The van der Waals surface area contributed by atoms with Gasteiger partial charge in [-0.15, -0.1) is 0 Å². The second kappa shape index (κ2) is 7.61. The van der Waals surface area contributed by atoms with Crippen molar-refractivity contribution in [1.29, 1.82) is 0 Å². The molecule has 0 saturated carbocycles. The van der Waals surface area contributed by atoms with E-state index >= 15 is 0 Å². The van der Waals surface area contributed by atoms with E-state index in [4.69, 9.17) is 4.74 Å². The monoisotopic (exact) mass is 375 g/mol. The zero-order valence-electron chi connectivity index (χ0n) is 16.6. The number of likely N-dealkylation sites (tertiary alicyclic amines) is 1. The maximum absolute atomic E-state index is 5.69. The highest BCUT2D eigenvalue weighted by molar-refractivity contribution is 5.85. The van der Waals surface area contributed by atoms with E-state index < -0.39 is 0 Å². The lowest BCUT2D eigenvalue weighted by Gasteiger charge is -2.29. The van der Waals surface area contributed by atoms with Crippen LogP contribution in [0.3, 0.4) is 0 Å². The Bertz CT molecular complexity index is 971. The predicted molar refractivity (Wildman–Crippen MR) is 114 cm³/mol. The van der Waals surface area contributed by atoms with Crippen LogP contribution in [0.5, 0.6) is 5.75 Å². The van der Waals surface area contributed by atoms with Gasteiger partial charge in [0.25, 0.3) is 0 Å². The average Bonchev–Trinajstić information content (AvgIpc) is 3.13. The third-order valence-corrected chi connectivity index (χ3v) is 6.34. The Morgan fingerprint density at radius 2 is 1.93 bits per heavy atom. The molecule has 4 heteroatoms. The van der Waals surface area contributed by atoms with E-state index in [1.807, 2.05) is 0 Å². The largest absolute Gasteiger partial charge is 0.496 e. The Labute approximate surface area is 166 Å². The summed E-state index contributed by atoms with van der Waals surface area (Å²) in [6.07, 6.45) is 5.06. The molecule has 2 N–H and O–H groups in total. The molecule has 0 amide bonds. The van der Waals surface area contributed by atoms with Crippen LogP contribution in [-0.2, 0) is 13.0 Å². The van der Waals surface area contributed by atoms with Crippen molar-refractivity contribution in [2.24, 2.45) is 0 Å². The van der Waals surface area contributed by atoms with Crippen LogP contribution in [-0.4, -0.2) is 36.6 Å². The van der Waals surface area contributed by atoms with Gasteiger partial charge in [-0.1, -0.05) is 30.7 Å². The molecule has 0 spiro atoms. The molecule has 2 aliphatic heterocycles. The minimum absolute atomic E-state index is 0.210. The number of hydrogen-bond donors (Lipinski definition) is 2. The number of para-hydroxylation sites is 1. The average molecular weight is 376 g/mol. The van der Waals surface area contributed by atoms with Gasteiger partial charge in [-0.25, -0.2) is 0 Å². The van der Waals surface area contributed by atoms with E-state index in [1.165, 1.54) is 65.6 Å². The summed E-state index contributed by atoms with van der Waals surface area (Å²) in [6.45, 7) is 4.37. The first kappa shape index (κ1) is 17.8. The van der Waals surface area contributed by atoms with E-state index in [0.29, 0.717) is 0 Å². The van der Waals surface area contributed by atoms with Crippen molar-refractivity contribution in [3.8, 4) is 5.75 Å². The van der Waals surface area contributed by atoms with Crippen LogP contribution < -0.4 is 10.1 Å². The summed E-state index contributed by atoms with van der Waals surface area (Å²) in [5, 5.41) is 5.10.